The fourth-order valence-corrected chi connectivity index (χ4v) is 4.55. The van der Waals surface area contributed by atoms with Gasteiger partial charge in [0, 0.05) is 17.1 Å². The maximum atomic E-state index is 13.1. The fraction of sp³-hybridized carbons (Fsp3) is 0.0588. The predicted octanol–water partition coefficient (Wildman–Crippen LogP) is 2.78. The molecule has 0 radical (unpaired) electrons. The molecule has 0 atom stereocenters. The van der Waals surface area contributed by atoms with Crippen LogP contribution in [0.4, 0.5) is 9.52 Å². The van der Waals surface area contributed by atoms with E-state index in [1.807, 2.05) is 0 Å². The third-order valence-electron chi connectivity index (χ3n) is 3.60. The van der Waals surface area contributed by atoms with Gasteiger partial charge in [0.15, 0.2) is 5.13 Å². The zero-order valence-corrected chi connectivity index (χ0v) is 15.0. The maximum Gasteiger partial charge on any atom is 0.266 e. The fourth-order valence-electron chi connectivity index (χ4n) is 2.27. The van der Waals surface area contributed by atoms with Crippen LogP contribution < -0.4 is 10.0 Å². The summed E-state index contributed by atoms with van der Waals surface area (Å²) < 4.78 is 40.4. The lowest BCUT2D eigenvalue weighted by molar-refractivity contribution is 0.1000. The third-order valence-corrected chi connectivity index (χ3v) is 6.26. The van der Waals surface area contributed by atoms with E-state index in [4.69, 9.17) is 5.73 Å². The average molecular weight is 391 g/mol. The number of carbonyl (C=O) groups excluding carboxylic acids is 1. The van der Waals surface area contributed by atoms with Crippen molar-refractivity contribution in [3.8, 4) is 0 Å². The molecule has 6 nitrogen and oxygen atoms in total. The number of amides is 1. The number of sulfonamides is 1. The molecule has 0 bridgehead atoms. The number of hydrogen-bond donors (Lipinski definition) is 1. The third kappa shape index (κ3) is 3.73. The van der Waals surface area contributed by atoms with Crippen LogP contribution in [0.3, 0.4) is 0 Å². The van der Waals surface area contributed by atoms with Crippen LogP contribution >= 0.6 is 11.3 Å². The van der Waals surface area contributed by atoms with Gasteiger partial charge in [0.05, 0.1) is 11.4 Å². The molecule has 0 spiro atoms. The topological polar surface area (TPSA) is 93.4 Å². The minimum atomic E-state index is -3.94. The van der Waals surface area contributed by atoms with Crippen LogP contribution in [0, 0.1) is 5.82 Å². The van der Waals surface area contributed by atoms with E-state index in [-0.39, 0.29) is 22.1 Å². The number of nitrogens with two attached hydrogens (primary N) is 1. The molecule has 0 unspecified atom stereocenters. The Kier molecular flexibility index (Phi) is 5.01. The van der Waals surface area contributed by atoms with E-state index in [0.29, 0.717) is 5.56 Å². The predicted molar refractivity (Wildman–Crippen MR) is 96.8 cm³/mol. The first kappa shape index (κ1) is 18.0. The van der Waals surface area contributed by atoms with Gasteiger partial charge in [0.25, 0.3) is 10.0 Å². The Morgan fingerprint density at radius 3 is 2.31 bits per heavy atom. The Morgan fingerprint density at radius 2 is 1.77 bits per heavy atom. The van der Waals surface area contributed by atoms with Crippen molar-refractivity contribution in [2.75, 3.05) is 4.31 Å². The molecule has 0 aliphatic rings. The van der Waals surface area contributed by atoms with Crippen molar-refractivity contribution in [2.45, 2.75) is 11.4 Å². The number of benzene rings is 2. The Hall–Kier alpha value is -2.78. The van der Waals surface area contributed by atoms with Crippen molar-refractivity contribution >= 4 is 32.4 Å². The summed E-state index contributed by atoms with van der Waals surface area (Å²) in [6.07, 6.45) is 1.50. The van der Waals surface area contributed by atoms with Gasteiger partial charge >= 0.3 is 0 Å². The SMILES string of the molecule is NC(=O)c1ccc(S(=O)(=O)N(Cc2ccc(F)cc2)c2nccs2)cc1. The zero-order valence-electron chi connectivity index (χ0n) is 13.4. The summed E-state index contributed by atoms with van der Waals surface area (Å²) in [6.45, 7) is -0.00625. The van der Waals surface area contributed by atoms with Gasteiger partial charge in [-0.2, -0.15) is 0 Å². The number of nitrogens with zero attached hydrogens (tertiary/aromatic N) is 2. The van der Waals surface area contributed by atoms with Crippen LogP contribution in [0.2, 0.25) is 0 Å². The molecule has 26 heavy (non-hydrogen) atoms. The molecule has 1 amide bonds. The van der Waals surface area contributed by atoms with Gasteiger partial charge in [-0.15, -0.1) is 11.3 Å². The van der Waals surface area contributed by atoms with Gasteiger partial charge in [0.1, 0.15) is 5.82 Å². The molecule has 9 heteroatoms. The van der Waals surface area contributed by atoms with Crippen LogP contribution in [-0.2, 0) is 16.6 Å². The van der Waals surface area contributed by atoms with E-state index in [2.05, 4.69) is 4.98 Å². The molecular formula is C17H14FN3O3S2. The number of rotatable bonds is 6. The summed E-state index contributed by atoms with van der Waals surface area (Å²) in [7, 11) is -3.94. The van der Waals surface area contributed by atoms with Gasteiger partial charge in [-0.25, -0.2) is 22.1 Å². The lowest BCUT2D eigenvalue weighted by Gasteiger charge is -2.22. The van der Waals surface area contributed by atoms with Gasteiger partial charge in [-0.3, -0.25) is 4.79 Å². The molecule has 2 N–H and O–H groups in total. The van der Waals surface area contributed by atoms with E-state index >= 15 is 0 Å². The lowest BCUT2D eigenvalue weighted by atomic mass is 10.2. The zero-order chi connectivity index (χ0) is 18.7. The maximum absolute atomic E-state index is 13.1. The minimum absolute atomic E-state index is 0.000174. The number of thiazole rings is 1. The highest BCUT2D eigenvalue weighted by atomic mass is 32.2. The van der Waals surface area contributed by atoms with E-state index < -0.39 is 21.7 Å². The second-order valence-corrected chi connectivity index (χ2v) is 8.08. The quantitative estimate of drug-likeness (QED) is 0.699. The van der Waals surface area contributed by atoms with Crippen molar-refractivity contribution in [2.24, 2.45) is 5.73 Å². The van der Waals surface area contributed by atoms with Crippen molar-refractivity contribution in [1.82, 2.24) is 4.98 Å². The second-order valence-electron chi connectivity index (χ2n) is 5.34. The first-order chi connectivity index (χ1) is 12.4. The van der Waals surface area contributed by atoms with Crippen LogP contribution in [0.1, 0.15) is 15.9 Å². The number of aromatic nitrogens is 1. The molecule has 0 aliphatic carbocycles. The molecular weight excluding hydrogens is 377 g/mol. The van der Waals surface area contributed by atoms with Gasteiger partial charge < -0.3 is 5.73 Å². The molecule has 1 heterocycles. The highest BCUT2D eigenvalue weighted by Crippen LogP contribution is 2.27. The normalized spacial score (nSPS) is 11.3. The van der Waals surface area contributed by atoms with Gasteiger partial charge in [0.2, 0.25) is 5.91 Å². The van der Waals surface area contributed by atoms with Crippen molar-refractivity contribution in [3.05, 3.63) is 77.1 Å². The first-order valence-electron chi connectivity index (χ1n) is 7.44. The largest absolute Gasteiger partial charge is 0.366 e. The highest BCUT2D eigenvalue weighted by molar-refractivity contribution is 7.93. The summed E-state index contributed by atoms with van der Waals surface area (Å²) in [6, 6.07) is 10.9. The molecule has 3 rings (SSSR count). The molecule has 0 aliphatic heterocycles. The standard InChI is InChI=1S/C17H14FN3O3S2/c18-14-5-1-12(2-6-14)11-21(17-20-9-10-25-17)26(23,24)15-7-3-13(4-8-15)16(19)22/h1-10H,11H2,(H2,19,22). The van der Waals surface area contributed by atoms with Gasteiger partial charge in [-0.1, -0.05) is 12.1 Å². The Balaban J connectivity index is 2.00. The van der Waals surface area contributed by atoms with Crippen LogP contribution in [0.5, 0.6) is 0 Å². The summed E-state index contributed by atoms with van der Waals surface area (Å²) in [5, 5.41) is 1.95. The number of halogens is 1. The molecule has 3 aromatic rings. The Morgan fingerprint density at radius 1 is 1.12 bits per heavy atom. The average Bonchev–Trinajstić information content (AvgIpc) is 3.15. The number of anilines is 1. The minimum Gasteiger partial charge on any atom is -0.366 e. The molecule has 1 aromatic heterocycles. The van der Waals surface area contributed by atoms with Crippen LogP contribution in [0.25, 0.3) is 0 Å². The first-order valence-corrected chi connectivity index (χ1v) is 9.76. The van der Waals surface area contributed by atoms with E-state index in [9.17, 15) is 17.6 Å². The molecule has 0 saturated heterocycles. The van der Waals surface area contributed by atoms with Gasteiger partial charge in [-0.05, 0) is 42.0 Å². The molecule has 0 saturated carbocycles. The van der Waals surface area contributed by atoms with E-state index in [1.165, 1.54) is 66.1 Å². The van der Waals surface area contributed by atoms with Crippen molar-refractivity contribution < 1.29 is 17.6 Å². The van der Waals surface area contributed by atoms with Crippen LogP contribution in [-0.4, -0.2) is 19.3 Å². The molecule has 0 fully saturated rings. The van der Waals surface area contributed by atoms with Crippen LogP contribution in [0.15, 0.2) is 65.0 Å². The number of carbonyl (C=O) groups is 1. The molecule has 134 valence electrons. The van der Waals surface area contributed by atoms with E-state index in [1.54, 1.807) is 5.38 Å². The summed E-state index contributed by atoms with van der Waals surface area (Å²) in [5.74, 6) is -1.04. The highest BCUT2D eigenvalue weighted by Gasteiger charge is 2.27. The summed E-state index contributed by atoms with van der Waals surface area (Å²) in [5.41, 5.74) is 6.01. The van der Waals surface area contributed by atoms with Crippen molar-refractivity contribution in [3.63, 3.8) is 0 Å². The molecule has 2 aromatic carbocycles. The monoisotopic (exact) mass is 391 g/mol. The second kappa shape index (κ2) is 7.22. The smallest absolute Gasteiger partial charge is 0.266 e. The Bertz CT molecular complexity index is 1000. The number of hydrogen-bond acceptors (Lipinski definition) is 5. The summed E-state index contributed by atoms with van der Waals surface area (Å²) >= 11 is 1.17. The van der Waals surface area contributed by atoms with E-state index in [0.717, 1.165) is 4.31 Å². The van der Waals surface area contributed by atoms with Crippen molar-refractivity contribution in [1.29, 1.82) is 0 Å². The Labute approximate surface area is 153 Å². The summed E-state index contributed by atoms with van der Waals surface area (Å²) in [4.78, 5) is 15.3. The number of primary amides is 1. The lowest BCUT2D eigenvalue weighted by Crippen LogP contribution is -2.30.